The summed E-state index contributed by atoms with van der Waals surface area (Å²) in [6.45, 7) is 3.20. The van der Waals surface area contributed by atoms with E-state index in [-0.39, 0.29) is 5.82 Å². The van der Waals surface area contributed by atoms with Gasteiger partial charge in [-0.15, -0.1) is 10.2 Å². The molecule has 2 aromatic carbocycles. The van der Waals surface area contributed by atoms with E-state index in [4.69, 9.17) is 11.6 Å². The lowest BCUT2D eigenvalue weighted by Gasteiger charge is -2.20. The van der Waals surface area contributed by atoms with E-state index in [1.807, 2.05) is 24.4 Å². The Balaban J connectivity index is 1.05. The van der Waals surface area contributed by atoms with Crippen LogP contribution in [0.4, 0.5) is 10.2 Å². The second-order valence-electron chi connectivity index (χ2n) is 9.49. The minimum atomic E-state index is -0.341. The number of likely N-dealkylation sites (tertiary alicyclic amines) is 1. The molecule has 34 heavy (non-hydrogen) atoms. The first-order valence-electron chi connectivity index (χ1n) is 11.7. The van der Waals surface area contributed by atoms with E-state index in [1.165, 1.54) is 29.1 Å². The molecule has 1 N–H and O–H groups in total. The zero-order valence-corrected chi connectivity index (χ0v) is 19.4. The smallest absolute Gasteiger partial charge is 0.148 e. The monoisotopic (exact) mass is 473 g/mol. The zero-order valence-electron chi connectivity index (χ0n) is 18.7. The van der Waals surface area contributed by atoms with Gasteiger partial charge in [0, 0.05) is 42.8 Å². The van der Waals surface area contributed by atoms with Gasteiger partial charge in [-0.2, -0.15) is 0 Å². The molecular weight excluding hydrogens is 449 g/mol. The summed E-state index contributed by atoms with van der Waals surface area (Å²) in [5, 5.41) is 13.8. The van der Waals surface area contributed by atoms with Crippen LogP contribution in [0.1, 0.15) is 18.4 Å². The largest absolute Gasteiger partial charge is 0.366 e. The van der Waals surface area contributed by atoms with Crippen LogP contribution in [-0.2, 0) is 6.54 Å². The molecule has 172 valence electrons. The summed E-state index contributed by atoms with van der Waals surface area (Å²) in [5.74, 6) is 1.81. The molecule has 0 spiro atoms. The van der Waals surface area contributed by atoms with E-state index in [1.54, 1.807) is 0 Å². The Morgan fingerprint density at radius 2 is 1.79 bits per heavy atom. The maximum absolute atomic E-state index is 13.6. The van der Waals surface area contributed by atoms with E-state index in [0.29, 0.717) is 34.2 Å². The number of benzene rings is 2. The zero-order chi connectivity index (χ0) is 23.1. The lowest BCUT2D eigenvalue weighted by molar-refractivity contribution is 0.301. The molecule has 1 aliphatic carbocycles. The summed E-state index contributed by atoms with van der Waals surface area (Å²) < 4.78 is 13.6. The molecule has 0 radical (unpaired) electrons. The normalized spacial score (nSPS) is 22.2. The maximum Gasteiger partial charge on any atom is 0.148 e. The van der Waals surface area contributed by atoms with Gasteiger partial charge in [-0.05, 0) is 72.7 Å². The van der Waals surface area contributed by atoms with Crippen LogP contribution in [0.25, 0.3) is 22.2 Å². The number of nitrogens with zero attached hydrogens (tertiary/aromatic N) is 4. The van der Waals surface area contributed by atoms with Gasteiger partial charge >= 0.3 is 0 Å². The maximum atomic E-state index is 13.6. The van der Waals surface area contributed by atoms with E-state index < -0.39 is 0 Å². The van der Waals surface area contributed by atoms with Gasteiger partial charge in [-0.3, -0.25) is 9.88 Å². The third kappa shape index (κ3) is 4.36. The Kier molecular flexibility index (Phi) is 5.63. The standard InChI is InChI=1S/C27H25ClFN5/c28-24-6-5-21(29)12-23(24)26-7-8-27(33-32-26)31-22-10-19-15-34(16-20(19)11-22)14-17-9-18-3-1-2-4-25(18)30-13-17/h1-9,12-13,19-20,22H,10-11,14-16H2,(H,31,33). The topological polar surface area (TPSA) is 53.9 Å². The number of hydrogen-bond acceptors (Lipinski definition) is 5. The SMILES string of the molecule is Fc1ccc(Cl)c(-c2ccc(NC3CC4CN(Cc5cnc6ccccc6c5)CC4C3)nn2)c1. The number of anilines is 1. The van der Waals surface area contributed by atoms with Crippen LogP contribution < -0.4 is 5.32 Å². The molecule has 2 aromatic heterocycles. The van der Waals surface area contributed by atoms with Gasteiger partial charge in [0.25, 0.3) is 0 Å². The second kappa shape index (κ2) is 8.93. The molecule has 6 rings (SSSR count). The van der Waals surface area contributed by atoms with Gasteiger partial charge in [0.15, 0.2) is 0 Å². The predicted molar refractivity (Wildman–Crippen MR) is 133 cm³/mol. The summed E-state index contributed by atoms with van der Waals surface area (Å²) >= 11 is 6.19. The lowest BCUT2D eigenvalue weighted by atomic mass is 10.0. The fourth-order valence-corrected chi connectivity index (χ4v) is 5.78. The van der Waals surface area contributed by atoms with Crippen molar-refractivity contribution in [2.75, 3.05) is 18.4 Å². The highest BCUT2D eigenvalue weighted by Crippen LogP contribution is 2.39. The van der Waals surface area contributed by atoms with Gasteiger partial charge in [0.05, 0.1) is 16.2 Å². The molecule has 2 aliphatic rings. The molecule has 2 atom stereocenters. The molecule has 1 saturated carbocycles. The van der Waals surface area contributed by atoms with Gasteiger partial charge in [-0.1, -0.05) is 29.8 Å². The Bertz CT molecular complexity index is 1310. The number of nitrogens with one attached hydrogen (secondary N) is 1. The van der Waals surface area contributed by atoms with Gasteiger partial charge in [0.2, 0.25) is 0 Å². The number of fused-ring (bicyclic) bond motifs is 2. The summed E-state index contributed by atoms with van der Waals surface area (Å²) in [7, 11) is 0. The van der Waals surface area contributed by atoms with Crippen LogP contribution >= 0.6 is 11.6 Å². The van der Waals surface area contributed by atoms with Gasteiger partial charge < -0.3 is 5.32 Å². The molecule has 2 unspecified atom stereocenters. The summed E-state index contributed by atoms with van der Waals surface area (Å²) in [5.41, 5.74) is 3.45. The minimum Gasteiger partial charge on any atom is -0.366 e. The number of halogens is 2. The molecule has 5 nitrogen and oxygen atoms in total. The predicted octanol–water partition coefficient (Wildman–Crippen LogP) is 5.81. The molecule has 3 heterocycles. The fourth-order valence-electron chi connectivity index (χ4n) is 5.56. The summed E-state index contributed by atoms with van der Waals surface area (Å²) in [6, 6.07) is 18.9. The van der Waals surface area contributed by atoms with E-state index >= 15 is 0 Å². The highest BCUT2D eigenvalue weighted by atomic mass is 35.5. The van der Waals surface area contributed by atoms with Crippen LogP contribution in [0.3, 0.4) is 0 Å². The van der Waals surface area contributed by atoms with Crippen molar-refractivity contribution >= 4 is 28.3 Å². The van der Waals surface area contributed by atoms with E-state index in [2.05, 4.69) is 49.7 Å². The van der Waals surface area contributed by atoms with Crippen LogP contribution in [0.5, 0.6) is 0 Å². The number of aromatic nitrogens is 3. The van der Waals surface area contributed by atoms with Crippen LogP contribution in [0, 0.1) is 17.7 Å². The first kappa shape index (κ1) is 21.4. The number of rotatable bonds is 5. The van der Waals surface area contributed by atoms with Crippen molar-refractivity contribution in [1.29, 1.82) is 0 Å². The van der Waals surface area contributed by atoms with Crippen LogP contribution in [0.2, 0.25) is 5.02 Å². The van der Waals surface area contributed by atoms with Crippen LogP contribution in [0.15, 0.2) is 66.9 Å². The van der Waals surface area contributed by atoms with Crippen molar-refractivity contribution < 1.29 is 4.39 Å². The van der Waals surface area contributed by atoms with Crippen LogP contribution in [-0.4, -0.2) is 39.2 Å². The highest BCUT2D eigenvalue weighted by molar-refractivity contribution is 6.33. The van der Waals surface area contributed by atoms with Crippen molar-refractivity contribution in [3.8, 4) is 11.3 Å². The molecular formula is C27H25ClFN5. The molecule has 1 saturated heterocycles. The molecule has 0 amide bonds. The molecule has 7 heteroatoms. The number of hydrogen-bond donors (Lipinski definition) is 1. The van der Waals surface area contributed by atoms with E-state index in [9.17, 15) is 4.39 Å². The summed E-state index contributed by atoms with van der Waals surface area (Å²) in [6.07, 6.45) is 4.28. The first-order chi connectivity index (χ1) is 16.6. The Hall–Kier alpha value is -3.09. The van der Waals surface area contributed by atoms with Gasteiger partial charge in [0.1, 0.15) is 11.6 Å². The first-order valence-corrected chi connectivity index (χ1v) is 12.1. The highest BCUT2D eigenvalue weighted by Gasteiger charge is 2.40. The third-order valence-corrected chi connectivity index (χ3v) is 7.43. The number of pyridine rings is 1. The lowest BCUT2D eigenvalue weighted by Crippen LogP contribution is -2.25. The average molecular weight is 474 g/mol. The second-order valence-corrected chi connectivity index (χ2v) is 9.90. The average Bonchev–Trinajstić information content (AvgIpc) is 3.39. The summed E-state index contributed by atoms with van der Waals surface area (Å²) in [4.78, 5) is 7.18. The Morgan fingerprint density at radius 1 is 0.971 bits per heavy atom. The minimum absolute atomic E-state index is 0.341. The quantitative estimate of drug-likeness (QED) is 0.396. The van der Waals surface area contributed by atoms with Crippen molar-refractivity contribution in [1.82, 2.24) is 20.1 Å². The van der Waals surface area contributed by atoms with Crippen molar-refractivity contribution in [2.24, 2.45) is 11.8 Å². The Labute approximate surface area is 203 Å². The molecule has 2 fully saturated rings. The molecule has 1 aliphatic heterocycles. The third-order valence-electron chi connectivity index (χ3n) is 7.10. The van der Waals surface area contributed by atoms with Crippen molar-refractivity contribution in [2.45, 2.75) is 25.4 Å². The van der Waals surface area contributed by atoms with Crippen molar-refractivity contribution in [3.05, 3.63) is 83.3 Å². The Morgan fingerprint density at radius 3 is 2.59 bits per heavy atom. The van der Waals surface area contributed by atoms with Gasteiger partial charge in [-0.25, -0.2) is 4.39 Å². The fraction of sp³-hybridized carbons (Fsp3) is 0.296. The molecule has 0 bridgehead atoms. The molecule has 4 aromatic rings. The number of para-hydroxylation sites is 1. The van der Waals surface area contributed by atoms with E-state index in [0.717, 1.165) is 43.8 Å². The van der Waals surface area contributed by atoms with Crippen molar-refractivity contribution in [3.63, 3.8) is 0 Å².